The fourth-order valence-corrected chi connectivity index (χ4v) is 2.04. The summed E-state index contributed by atoms with van der Waals surface area (Å²) < 4.78 is 5.44. The molecule has 1 rings (SSSR count). The number of hydrogen-bond acceptors (Lipinski definition) is 3. The second-order valence-electron chi connectivity index (χ2n) is 5.48. The summed E-state index contributed by atoms with van der Waals surface area (Å²) in [5, 5.41) is 12.5. The van der Waals surface area contributed by atoms with Crippen LogP contribution in [0.15, 0.2) is 12.1 Å². The molecular formula is C15H25NO2. The highest BCUT2D eigenvalue weighted by molar-refractivity contribution is 5.43. The van der Waals surface area contributed by atoms with Crippen molar-refractivity contribution in [2.75, 3.05) is 20.3 Å². The molecule has 0 spiro atoms. The van der Waals surface area contributed by atoms with Gasteiger partial charge in [0, 0.05) is 5.54 Å². The maximum atomic E-state index is 9.20. The normalized spacial score (nSPS) is 11.7. The van der Waals surface area contributed by atoms with Crippen molar-refractivity contribution in [2.45, 2.75) is 39.7 Å². The quantitative estimate of drug-likeness (QED) is 0.814. The highest BCUT2D eigenvalue weighted by Crippen LogP contribution is 2.24. The van der Waals surface area contributed by atoms with Gasteiger partial charge in [0.2, 0.25) is 0 Å². The monoisotopic (exact) mass is 251 g/mol. The number of benzene rings is 1. The molecule has 0 fully saturated rings. The van der Waals surface area contributed by atoms with Gasteiger partial charge in [-0.1, -0.05) is 6.07 Å². The molecular weight excluding hydrogens is 226 g/mol. The van der Waals surface area contributed by atoms with Crippen LogP contribution in [0.5, 0.6) is 5.75 Å². The van der Waals surface area contributed by atoms with Crippen LogP contribution in [-0.4, -0.2) is 30.9 Å². The van der Waals surface area contributed by atoms with E-state index >= 15 is 0 Å². The Morgan fingerprint density at radius 1 is 1.28 bits per heavy atom. The van der Waals surface area contributed by atoms with Crippen molar-refractivity contribution in [3.63, 3.8) is 0 Å². The molecule has 0 heterocycles. The molecule has 0 radical (unpaired) electrons. The summed E-state index contributed by atoms with van der Waals surface area (Å²) in [5.41, 5.74) is 3.49. The number of aliphatic hydroxyl groups excluding tert-OH is 1. The molecule has 1 aromatic carbocycles. The smallest absolute Gasteiger partial charge is 0.122 e. The van der Waals surface area contributed by atoms with Crippen LogP contribution in [0.4, 0.5) is 0 Å². The summed E-state index contributed by atoms with van der Waals surface area (Å²) in [6, 6.07) is 4.24. The van der Waals surface area contributed by atoms with E-state index in [-0.39, 0.29) is 12.1 Å². The molecule has 102 valence electrons. The van der Waals surface area contributed by atoms with Gasteiger partial charge in [0.05, 0.1) is 13.7 Å². The number of methoxy groups -OCH3 is 1. The van der Waals surface area contributed by atoms with Gasteiger partial charge >= 0.3 is 0 Å². The van der Waals surface area contributed by atoms with Gasteiger partial charge in [-0.25, -0.2) is 0 Å². The van der Waals surface area contributed by atoms with Gasteiger partial charge in [0.1, 0.15) is 5.75 Å². The lowest BCUT2D eigenvalue weighted by Crippen LogP contribution is -2.43. The van der Waals surface area contributed by atoms with Crippen LogP contribution in [0.25, 0.3) is 0 Å². The minimum atomic E-state index is -0.230. The van der Waals surface area contributed by atoms with Crippen LogP contribution in [0.2, 0.25) is 0 Å². The second-order valence-corrected chi connectivity index (χ2v) is 5.48. The van der Waals surface area contributed by atoms with Crippen LogP contribution in [0, 0.1) is 13.8 Å². The minimum absolute atomic E-state index is 0.136. The first-order valence-electron chi connectivity index (χ1n) is 6.39. The molecule has 0 aromatic heterocycles. The van der Waals surface area contributed by atoms with Gasteiger partial charge in [-0.05, 0) is 63.4 Å². The average Bonchev–Trinajstić information content (AvgIpc) is 2.31. The molecule has 3 nitrogen and oxygen atoms in total. The Balaban J connectivity index is 2.73. The molecule has 0 unspecified atom stereocenters. The van der Waals surface area contributed by atoms with Crippen molar-refractivity contribution < 1.29 is 9.84 Å². The minimum Gasteiger partial charge on any atom is -0.496 e. The first kappa shape index (κ1) is 15.0. The van der Waals surface area contributed by atoms with Gasteiger partial charge in [-0.3, -0.25) is 0 Å². The number of aryl methyl sites for hydroxylation is 2. The molecule has 1 aromatic rings. The highest BCUT2D eigenvalue weighted by Gasteiger charge is 2.15. The van der Waals surface area contributed by atoms with E-state index in [2.05, 4.69) is 31.3 Å². The molecule has 0 atom stereocenters. The van der Waals surface area contributed by atoms with Crippen LogP contribution in [0.1, 0.15) is 30.5 Å². The van der Waals surface area contributed by atoms with E-state index < -0.39 is 0 Å². The number of nitrogens with one attached hydrogen (secondary N) is 1. The SMILES string of the molecule is COc1cc(C)cc(C)c1CCNC(C)(C)CO. The first-order chi connectivity index (χ1) is 8.39. The average molecular weight is 251 g/mol. The Morgan fingerprint density at radius 2 is 1.94 bits per heavy atom. The van der Waals surface area contributed by atoms with E-state index in [1.54, 1.807) is 7.11 Å². The van der Waals surface area contributed by atoms with Gasteiger partial charge in [0.25, 0.3) is 0 Å². The molecule has 2 N–H and O–H groups in total. The lowest BCUT2D eigenvalue weighted by atomic mass is 10.0. The van der Waals surface area contributed by atoms with Gasteiger partial charge in [-0.15, -0.1) is 0 Å². The van der Waals surface area contributed by atoms with E-state index in [0.29, 0.717) is 0 Å². The molecule has 0 aliphatic carbocycles. The molecule has 0 amide bonds. The van der Waals surface area contributed by atoms with E-state index in [1.165, 1.54) is 16.7 Å². The van der Waals surface area contributed by atoms with Gasteiger partial charge in [-0.2, -0.15) is 0 Å². The Morgan fingerprint density at radius 3 is 2.50 bits per heavy atom. The number of ether oxygens (including phenoxy) is 1. The van der Waals surface area contributed by atoms with E-state index in [9.17, 15) is 5.11 Å². The number of aliphatic hydroxyl groups is 1. The molecule has 0 aliphatic heterocycles. The second kappa shape index (κ2) is 6.21. The maximum absolute atomic E-state index is 9.20. The van der Waals surface area contributed by atoms with Crippen molar-refractivity contribution in [2.24, 2.45) is 0 Å². The summed E-state index contributed by atoms with van der Waals surface area (Å²) in [7, 11) is 1.71. The van der Waals surface area contributed by atoms with Crippen LogP contribution < -0.4 is 10.1 Å². The standard InChI is InChI=1S/C15H25NO2/c1-11-8-12(2)13(14(9-11)18-5)6-7-16-15(3,4)10-17/h8-9,16-17H,6-7,10H2,1-5H3. The van der Waals surface area contributed by atoms with Crippen molar-refractivity contribution >= 4 is 0 Å². The summed E-state index contributed by atoms with van der Waals surface area (Å²) in [5.74, 6) is 0.955. The number of rotatable bonds is 6. The zero-order valence-electron chi connectivity index (χ0n) is 12.1. The topological polar surface area (TPSA) is 41.5 Å². The summed E-state index contributed by atoms with van der Waals surface area (Å²) in [6.45, 7) is 9.14. The highest BCUT2D eigenvalue weighted by atomic mass is 16.5. The first-order valence-corrected chi connectivity index (χ1v) is 6.39. The lowest BCUT2D eigenvalue weighted by Gasteiger charge is -2.24. The Hall–Kier alpha value is -1.06. The molecule has 0 saturated heterocycles. The summed E-state index contributed by atoms with van der Waals surface area (Å²) in [4.78, 5) is 0. The van der Waals surface area contributed by atoms with E-state index in [0.717, 1.165) is 18.7 Å². The van der Waals surface area contributed by atoms with Gasteiger partial charge < -0.3 is 15.2 Å². The summed E-state index contributed by atoms with van der Waals surface area (Å²) in [6.07, 6.45) is 0.902. The third-order valence-electron chi connectivity index (χ3n) is 3.17. The maximum Gasteiger partial charge on any atom is 0.122 e. The van der Waals surface area contributed by atoms with Crippen molar-refractivity contribution in [3.8, 4) is 5.75 Å². The largest absolute Gasteiger partial charge is 0.496 e. The Bertz CT molecular complexity index is 400. The summed E-state index contributed by atoms with van der Waals surface area (Å²) >= 11 is 0. The number of hydrogen-bond donors (Lipinski definition) is 2. The van der Waals surface area contributed by atoms with Crippen molar-refractivity contribution in [1.82, 2.24) is 5.32 Å². The van der Waals surface area contributed by atoms with E-state index in [4.69, 9.17) is 4.74 Å². The zero-order chi connectivity index (χ0) is 13.8. The molecule has 0 aliphatic rings. The molecule has 3 heteroatoms. The lowest BCUT2D eigenvalue weighted by molar-refractivity contribution is 0.189. The molecule has 18 heavy (non-hydrogen) atoms. The fourth-order valence-electron chi connectivity index (χ4n) is 2.04. The third kappa shape index (κ3) is 4.00. The van der Waals surface area contributed by atoms with Crippen LogP contribution in [0.3, 0.4) is 0 Å². The predicted molar refractivity (Wildman–Crippen MR) is 75.3 cm³/mol. The fraction of sp³-hybridized carbons (Fsp3) is 0.600. The van der Waals surface area contributed by atoms with Crippen molar-refractivity contribution in [3.05, 3.63) is 28.8 Å². The van der Waals surface area contributed by atoms with Crippen LogP contribution in [-0.2, 0) is 6.42 Å². The Kier molecular flexibility index (Phi) is 5.17. The van der Waals surface area contributed by atoms with Crippen molar-refractivity contribution in [1.29, 1.82) is 0 Å². The van der Waals surface area contributed by atoms with Gasteiger partial charge in [0.15, 0.2) is 0 Å². The predicted octanol–water partition coefficient (Wildman–Crippen LogP) is 2.22. The third-order valence-corrected chi connectivity index (χ3v) is 3.17. The zero-order valence-corrected chi connectivity index (χ0v) is 12.1. The molecule has 0 bridgehead atoms. The Labute approximate surface area is 110 Å². The molecule has 0 saturated carbocycles. The van der Waals surface area contributed by atoms with Crippen LogP contribution >= 0.6 is 0 Å². The van der Waals surface area contributed by atoms with E-state index in [1.807, 2.05) is 13.8 Å².